The molecule has 0 saturated carbocycles. The fraction of sp³-hybridized carbons (Fsp3) is 0.154. The number of hydrogen-bond donors (Lipinski definition) is 1. The molecule has 4 rings (SSSR count). The van der Waals surface area contributed by atoms with E-state index in [1.165, 1.54) is 18.0 Å². The van der Waals surface area contributed by atoms with Crippen molar-refractivity contribution in [2.45, 2.75) is 13.8 Å². The van der Waals surface area contributed by atoms with Gasteiger partial charge in [0, 0.05) is 10.2 Å². The Labute approximate surface area is 220 Å². The molecule has 1 amide bonds. The molecule has 3 aromatic carbocycles. The molecule has 4 aromatic rings. The Balaban J connectivity index is 1.55. The van der Waals surface area contributed by atoms with Crippen LogP contribution in [-0.4, -0.2) is 35.5 Å². The van der Waals surface area contributed by atoms with Gasteiger partial charge in [0.25, 0.3) is 11.5 Å². The first-order valence-electron chi connectivity index (χ1n) is 10.9. The molecule has 0 aliphatic rings. The molecule has 0 spiro atoms. The summed E-state index contributed by atoms with van der Waals surface area (Å²) in [6.07, 6.45) is 1.48. The van der Waals surface area contributed by atoms with Crippen LogP contribution in [0.4, 0.5) is 5.69 Å². The number of fused-ring (bicyclic) bond motifs is 1. The van der Waals surface area contributed by atoms with E-state index in [0.29, 0.717) is 33.7 Å². The molecule has 10 heteroatoms. The van der Waals surface area contributed by atoms with E-state index in [0.717, 1.165) is 10.0 Å². The number of nitrogens with zero attached hydrogens (tertiary/aromatic N) is 3. The van der Waals surface area contributed by atoms with Crippen LogP contribution >= 0.6 is 27.5 Å². The average Bonchev–Trinajstić information content (AvgIpc) is 2.85. The first kappa shape index (κ1) is 25.4. The molecule has 1 N–H and O–H groups in total. The van der Waals surface area contributed by atoms with Crippen LogP contribution in [0.15, 0.2) is 69.0 Å². The lowest BCUT2D eigenvalue weighted by Crippen LogP contribution is -2.21. The van der Waals surface area contributed by atoms with Gasteiger partial charge in [0.1, 0.15) is 5.82 Å². The van der Waals surface area contributed by atoms with E-state index in [4.69, 9.17) is 21.1 Å². The maximum absolute atomic E-state index is 12.9. The minimum absolute atomic E-state index is 0.224. The fourth-order valence-electron chi connectivity index (χ4n) is 3.51. The van der Waals surface area contributed by atoms with Gasteiger partial charge in [-0.25, -0.2) is 4.98 Å². The number of anilines is 1. The van der Waals surface area contributed by atoms with E-state index in [1.54, 1.807) is 31.2 Å². The number of ether oxygens (including phenoxy) is 2. The van der Waals surface area contributed by atoms with Crippen LogP contribution in [0.2, 0.25) is 5.02 Å². The fourth-order valence-corrected chi connectivity index (χ4v) is 4.15. The Morgan fingerprint density at radius 3 is 2.72 bits per heavy atom. The van der Waals surface area contributed by atoms with Crippen molar-refractivity contribution in [1.29, 1.82) is 0 Å². The molecular formula is C26H22BrClN4O4. The summed E-state index contributed by atoms with van der Waals surface area (Å²) in [6.45, 7) is 3.34. The molecule has 8 nitrogen and oxygen atoms in total. The van der Waals surface area contributed by atoms with Crippen LogP contribution < -0.4 is 20.3 Å². The SMILES string of the molecule is COc1cc(C=Nn2c(C)nc3ccc(Br)cc3c2=O)cc(Cl)c1OCC(=O)Nc1ccccc1C. The summed E-state index contributed by atoms with van der Waals surface area (Å²) >= 11 is 9.81. The van der Waals surface area contributed by atoms with Crippen molar-refractivity contribution in [3.05, 3.63) is 91.4 Å². The second kappa shape index (κ2) is 10.9. The molecule has 1 aromatic heterocycles. The summed E-state index contributed by atoms with van der Waals surface area (Å²) in [7, 11) is 1.46. The van der Waals surface area contributed by atoms with E-state index in [1.807, 2.05) is 37.3 Å². The van der Waals surface area contributed by atoms with Gasteiger partial charge in [-0.3, -0.25) is 9.59 Å². The highest BCUT2D eigenvalue weighted by Crippen LogP contribution is 2.36. The topological polar surface area (TPSA) is 94.8 Å². The summed E-state index contributed by atoms with van der Waals surface area (Å²) in [5.74, 6) is 0.640. The lowest BCUT2D eigenvalue weighted by Gasteiger charge is -2.14. The van der Waals surface area contributed by atoms with E-state index in [2.05, 4.69) is 31.3 Å². The molecule has 0 aliphatic heterocycles. The zero-order valence-electron chi connectivity index (χ0n) is 19.7. The number of para-hydroxylation sites is 1. The van der Waals surface area contributed by atoms with Crippen LogP contribution in [-0.2, 0) is 4.79 Å². The number of carbonyl (C=O) groups is 1. The zero-order chi connectivity index (χ0) is 25.8. The monoisotopic (exact) mass is 568 g/mol. The number of benzene rings is 3. The smallest absolute Gasteiger partial charge is 0.282 e. The lowest BCUT2D eigenvalue weighted by molar-refractivity contribution is -0.118. The van der Waals surface area contributed by atoms with E-state index < -0.39 is 0 Å². The Kier molecular flexibility index (Phi) is 7.71. The predicted octanol–water partition coefficient (Wildman–Crippen LogP) is 5.34. The Bertz CT molecular complexity index is 1550. The van der Waals surface area contributed by atoms with E-state index >= 15 is 0 Å². The molecule has 36 heavy (non-hydrogen) atoms. The Morgan fingerprint density at radius 2 is 1.97 bits per heavy atom. The van der Waals surface area contributed by atoms with Crippen LogP contribution in [0, 0.1) is 13.8 Å². The van der Waals surface area contributed by atoms with Crippen molar-refractivity contribution < 1.29 is 14.3 Å². The van der Waals surface area contributed by atoms with Crippen molar-refractivity contribution in [1.82, 2.24) is 9.66 Å². The van der Waals surface area contributed by atoms with Crippen molar-refractivity contribution in [3.63, 3.8) is 0 Å². The number of nitrogens with one attached hydrogen (secondary N) is 1. The summed E-state index contributed by atoms with van der Waals surface area (Å²) in [6, 6.07) is 16.0. The molecule has 1 heterocycles. The number of carbonyl (C=O) groups excluding carboxylic acids is 1. The van der Waals surface area contributed by atoms with E-state index in [9.17, 15) is 9.59 Å². The van der Waals surface area contributed by atoms with Crippen LogP contribution in [0.25, 0.3) is 10.9 Å². The number of methoxy groups -OCH3 is 1. The zero-order valence-corrected chi connectivity index (χ0v) is 22.1. The molecular weight excluding hydrogens is 548 g/mol. The third-order valence-corrected chi connectivity index (χ3v) is 6.08. The number of aryl methyl sites for hydroxylation is 2. The van der Waals surface area contributed by atoms with E-state index in [-0.39, 0.29) is 28.8 Å². The second-order valence-corrected chi connectivity index (χ2v) is 9.19. The van der Waals surface area contributed by atoms with Gasteiger partial charge in [0.2, 0.25) is 0 Å². The van der Waals surface area contributed by atoms with Crippen molar-refractivity contribution in [2.24, 2.45) is 5.10 Å². The summed E-state index contributed by atoms with van der Waals surface area (Å²) in [5.41, 5.74) is 2.50. The quantitative estimate of drug-likeness (QED) is 0.303. The van der Waals surface area contributed by atoms with Gasteiger partial charge < -0.3 is 14.8 Å². The highest BCUT2D eigenvalue weighted by molar-refractivity contribution is 9.10. The average molecular weight is 570 g/mol. The highest BCUT2D eigenvalue weighted by Gasteiger charge is 2.15. The number of rotatable bonds is 7. The van der Waals surface area contributed by atoms with Gasteiger partial charge in [-0.2, -0.15) is 9.78 Å². The minimum atomic E-state index is -0.335. The second-order valence-electron chi connectivity index (χ2n) is 7.87. The maximum atomic E-state index is 12.9. The first-order chi connectivity index (χ1) is 17.3. The molecule has 0 radical (unpaired) electrons. The number of halogens is 2. The Hall–Kier alpha value is -3.69. The van der Waals surface area contributed by atoms with Crippen molar-refractivity contribution in [2.75, 3.05) is 19.0 Å². The number of amides is 1. The first-order valence-corrected chi connectivity index (χ1v) is 12.0. The predicted molar refractivity (Wildman–Crippen MR) is 145 cm³/mol. The summed E-state index contributed by atoms with van der Waals surface area (Å²) < 4.78 is 13.1. The van der Waals surface area contributed by atoms with Gasteiger partial charge in [0.15, 0.2) is 18.1 Å². The summed E-state index contributed by atoms with van der Waals surface area (Å²) in [4.78, 5) is 29.8. The third-order valence-electron chi connectivity index (χ3n) is 5.31. The molecule has 0 aliphatic carbocycles. The van der Waals surface area contributed by atoms with Gasteiger partial charge >= 0.3 is 0 Å². The highest BCUT2D eigenvalue weighted by atomic mass is 79.9. The normalized spacial score (nSPS) is 11.1. The van der Waals surface area contributed by atoms with Crippen LogP contribution in [0.5, 0.6) is 11.5 Å². The molecule has 0 fully saturated rings. The molecule has 184 valence electrons. The Morgan fingerprint density at radius 1 is 1.19 bits per heavy atom. The number of aromatic nitrogens is 2. The van der Waals surface area contributed by atoms with Gasteiger partial charge in [0.05, 0.1) is 29.2 Å². The molecule has 0 atom stereocenters. The minimum Gasteiger partial charge on any atom is -0.493 e. The lowest BCUT2D eigenvalue weighted by atomic mass is 10.2. The summed E-state index contributed by atoms with van der Waals surface area (Å²) in [5, 5.41) is 7.78. The van der Waals surface area contributed by atoms with Gasteiger partial charge in [-0.05, 0) is 61.4 Å². The number of hydrogen-bond acceptors (Lipinski definition) is 6. The van der Waals surface area contributed by atoms with Crippen LogP contribution in [0.1, 0.15) is 17.0 Å². The van der Waals surface area contributed by atoms with Gasteiger partial charge in [-0.1, -0.05) is 45.7 Å². The molecule has 0 bridgehead atoms. The van der Waals surface area contributed by atoms with Crippen LogP contribution in [0.3, 0.4) is 0 Å². The van der Waals surface area contributed by atoms with Gasteiger partial charge in [-0.15, -0.1) is 0 Å². The molecule has 0 unspecified atom stereocenters. The third kappa shape index (κ3) is 5.58. The molecule has 0 saturated heterocycles. The standard InChI is InChI=1S/C26H22BrClN4O4/c1-15-6-4-5-7-21(15)31-24(33)14-36-25-20(28)10-17(11-23(25)35-3)13-29-32-16(2)30-22-9-8-18(27)12-19(22)26(32)34/h4-13H,14H2,1-3H3,(H,31,33). The maximum Gasteiger partial charge on any atom is 0.282 e. The van der Waals surface area contributed by atoms with Crippen molar-refractivity contribution >= 4 is 56.2 Å². The van der Waals surface area contributed by atoms with Crippen molar-refractivity contribution in [3.8, 4) is 11.5 Å². The largest absolute Gasteiger partial charge is 0.493 e.